The van der Waals surface area contributed by atoms with Crippen LogP contribution in [0.2, 0.25) is 0 Å². The molecule has 100 valence electrons. The van der Waals surface area contributed by atoms with Crippen LogP contribution >= 0.6 is 31.9 Å². The van der Waals surface area contributed by atoms with Crippen LogP contribution in [0.3, 0.4) is 0 Å². The number of pyridine rings is 1. The molecular formula is C14H15Br2N3. The Morgan fingerprint density at radius 2 is 2.05 bits per heavy atom. The Hall–Kier alpha value is -0.750. The zero-order chi connectivity index (χ0) is 13.8. The summed E-state index contributed by atoms with van der Waals surface area (Å²) in [5.41, 5.74) is 6.22. The van der Waals surface area contributed by atoms with E-state index in [1.54, 1.807) is 6.20 Å². The lowest BCUT2D eigenvalue weighted by molar-refractivity contribution is 0.545. The Bertz CT molecular complexity index is 555. The number of halogens is 2. The molecule has 1 heterocycles. The number of nitrogens with two attached hydrogens (primary N) is 1. The number of aromatic nitrogens is 1. The summed E-state index contributed by atoms with van der Waals surface area (Å²) >= 11 is 6.89. The zero-order valence-electron chi connectivity index (χ0n) is 10.5. The monoisotopic (exact) mass is 383 g/mol. The van der Waals surface area contributed by atoms with Crippen molar-refractivity contribution >= 4 is 31.9 Å². The fraction of sp³-hybridized carbons (Fsp3) is 0.214. The molecule has 1 aromatic heterocycles. The summed E-state index contributed by atoms with van der Waals surface area (Å²) in [6.45, 7) is 2.07. The van der Waals surface area contributed by atoms with E-state index >= 15 is 0 Å². The quantitative estimate of drug-likeness (QED) is 0.624. The molecule has 0 aliphatic carbocycles. The highest BCUT2D eigenvalue weighted by Crippen LogP contribution is 2.23. The molecule has 0 bridgehead atoms. The fourth-order valence-electron chi connectivity index (χ4n) is 1.89. The standard InChI is InChI=1S/C14H15Br2N3/c1-9-6-10(2-5-13(9)16)14(19-17)7-12-4-3-11(15)8-18-12/h2-6,8,14,19H,7,17H2,1H3. The van der Waals surface area contributed by atoms with Gasteiger partial charge in [0.25, 0.3) is 0 Å². The average molecular weight is 385 g/mol. The number of rotatable bonds is 4. The van der Waals surface area contributed by atoms with Crippen molar-refractivity contribution in [3.8, 4) is 0 Å². The molecule has 1 unspecified atom stereocenters. The van der Waals surface area contributed by atoms with Gasteiger partial charge in [-0.1, -0.05) is 28.1 Å². The molecule has 2 rings (SSSR count). The highest BCUT2D eigenvalue weighted by Gasteiger charge is 2.12. The van der Waals surface area contributed by atoms with Gasteiger partial charge in [0.2, 0.25) is 0 Å². The predicted octanol–water partition coefficient (Wildman–Crippen LogP) is 3.66. The van der Waals surface area contributed by atoms with Gasteiger partial charge >= 0.3 is 0 Å². The molecule has 0 saturated carbocycles. The molecule has 0 spiro atoms. The topological polar surface area (TPSA) is 50.9 Å². The predicted molar refractivity (Wildman–Crippen MR) is 84.6 cm³/mol. The SMILES string of the molecule is Cc1cc(C(Cc2ccc(Br)cn2)NN)ccc1Br. The third-order valence-corrected chi connectivity index (χ3v) is 4.35. The Labute approximate surface area is 129 Å². The highest BCUT2D eigenvalue weighted by atomic mass is 79.9. The summed E-state index contributed by atoms with van der Waals surface area (Å²) < 4.78 is 2.08. The first-order chi connectivity index (χ1) is 9.10. The third-order valence-electron chi connectivity index (χ3n) is 2.99. The normalized spacial score (nSPS) is 12.4. The van der Waals surface area contributed by atoms with Crippen molar-refractivity contribution in [2.45, 2.75) is 19.4 Å². The van der Waals surface area contributed by atoms with Gasteiger partial charge < -0.3 is 0 Å². The molecule has 2 aromatic rings. The van der Waals surface area contributed by atoms with E-state index in [1.165, 1.54) is 5.56 Å². The first-order valence-corrected chi connectivity index (χ1v) is 7.51. The fourth-order valence-corrected chi connectivity index (χ4v) is 2.38. The van der Waals surface area contributed by atoms with Crippen molar-refractivity contribution in [2.24, 2.45) is 5.84 Å². The summed E-state index contributed by atoms with van der Waals surface area (Å²) in [5, 5.41) is 0. The minimum absolute atomic E-state index is 0.0560. The van der Waals surface area contributed by atoms with Crippen LogP contribution in [0.5, 0.6) is 0 Å². The van der Waals surface area contributed by atoms with Crippen molar-refractivity contribution in [3.63, 3.8) is 0 Å². The molecule has 0 saturated heterocycles. The van der Waals surface area contributed by atoms with Crippen molar-refractivity contribution in [3.05, 3.63) is 62.3 Å². The van der Waals surface area contributed by atoms with Gasteiger partial charge in [-0.05, 0) is 52.2 Å². The Morgan fingerprint density at radius 1 is 1.26 bits per heavy atom. The van der Waals surface area contributed by atoms with Crippen molar-refractivity contribution in [1.82, 2.24) is 10.4 Å². The molecule has 0 aliphatic rings. The van der Waals surface area contributed by atoms with Crippen LogP contribution in [0.25, 0.3) is 0 Å². The van der Waals surface area contributed by atoms with Crippen LogP contribution in [0.15, 0.2) is 45.5 Å². The van der Waals surface area contributed by atoms with Crippen molar-refractivity contribution in [1.29, 1.82) is 0 Å². The maximum atomic E-state index is 5.67. The minimum atomic E-state index is 0.0560. The zero-order valence-corrected chi connectivity index (χ0v) is 13.7. The van der Waals surface area contributed by atoms with Crippen molar-refractivity contribution < 1.29 is 0 Å². The van der Waals surface area contributed by atoms with E-state index < -0.39 is 0 Å². The number of benzene rings is 1. The molecule has 0 fully saturated rings. The molecule has 19 heavy (non-hydrogen) atoms. The van der Waals surface area contributed by atoms with Gasteiger partial charge in [0, 0.05) is 27.3 Å². The molecule has 0 aliphatic heterocycles. The first-order valence-electron chi connectivity index (χ1n) is 5.92. The van der Waals surface area contributed by atoms with E-state index in [1.807, 2.05) is 18.2 Å². The second-order valence-corrected chi connectivity index (χ2v) is 6.17. The van der Waals surface area contributed by atoms with Crippen LogP contribution in [0.4, 0.5) is 0 Å². The largest absolute Gasteiger partial charge is 0.271 e. The second kappa shape index (κ2) is 6.61. The minimum Gasteiger partial charge on any atom is -0.271 e. The van der Waals surface area contributed by atoms with Gasteiger partial charge in [-0.15, -0.1) is 0 Å². The summed E-state index contributed by atoms with van der Waals surface area (Å²) in [6.07, 6.45) is 2.56. The van der Waals surface area contributed by atoms with E-state index in [-0.39, 0.29) is 6.04 Å². The van der Waals surface area contributed by atoms with Crippen LogP contribution in [-0.4, -0.2) is 4.98 Å². The molecule has 5 heteroatoms. The highest BCUT2D eigenvalue weighted by molar-refractivity contribution is 9.10. The third kappa shape index (κ3) is 3.86. The van der Waals surface area contributed by atoms with Crippen molar-refractivity contribution in [2.75, 3.05) is 0 Å². The van der Waals surface area contributed by atoms with E-state index in [4.69, 9.17) is 5.84 Å². The van der Waals surface area contributed by atoms with E-state index in [2.05, 4.69) is 61.3 Å². The number of hydrogen-bond acceptors (Lipinski definition) is 3. The lowest BCUT2D eigenvalue weighted by Gasteiger charge is -2.17. The van der Waals surface area contributed by atoms with Crippen LogP contribution in [0, 0.1) is 6.92 Å². The lowest BCUT2D eigenvalue weighted by atomic mass is 10.0. The molecule has 1 atom stereocenters. The molecule has 0 amide bonds. The molecule has 1 aromatic carbocycles. The van der Waals surface area contributed by atoms with Gasteiger partial charge in [0.15, 0.2) is 0 Å². The van der Waals surface area contributed by atoms with E-state index in [0.29, 0.717) is 0 Å². The van der Waals surface area contributed by atoms with Gasteiger partial charge in [-0.25, -0.2) is 0 Å². The molecule has 3 nitrogen and oxygen atoms in total. The van der Waals surface area contributed by atoms with Crippen LogP contribution < -0.4 is 11.3 Å². The lowest BCUT2D eigenvalue weighted by Crippen LogP contribution is -2.29. The summed E-state index contributed by atoms with van der Waals surface area (Å²) in [4.78, 5) is 4.38. The number of hydrogen-bond donors (Lipinski definition) is 2. The van der Waals surface area contributed by atoms with E-state index in [0.717, 1.165) is 26.6 Å². The molecular weight excluding hydrogens is 370 g/mol. The van der Waals surface area contributed by atoms with Crippen LogP contribution in [0.1, 0.15) is 22.9 Å². The summed E-state index contributed by atoms with van der Waals surface area (Å²) in [6, 6.07) is 10.3. The number of nitrogens with zero attached hydrogens (tertiary/aromatic N) is 1. The number of hydrazine groups is 1. The maximum Gasteiger partial charge on any atom is 0.0515 e. The molecule has 0 radical (unpaired) electrons. The average Bonchev–Trinajstić information content (AvgIpc) is 2.41. The Kier molecular flexibility index (Phi) is 5.10. The van der Waals surface area contributed by atoms with Crippen LogP contribution in [-0.2, 0) is 6.42 Å². The summed E-state index contributed by atoms with van der Waals surface area (Å²) in [5.74, 6) is 5.67. The van der Waals surface area contributed by atoms with Gasteiger partial charge in [-0.3, -0.25) is 16.3 Å². The second-order valence-electron chi connectivity index (χ2n) is 4.40. The maximum absolute atomic E-state index is 5.67. The van der Waals surface area contributed by atoms with E-state index in [9.17, 15) is 0 Å². The molecule has 3 N–H and O–H groups in total. The number of nitrogens with one attached hydrogen (secondary N) is 1. The number of aryl methyl sites for hydroxylation is 1. The van der Waals surface area contributed by atoms with Gasteiger partial charge in [0.1, 0.15) is 0 Å². The Morgan fingerprint density at radius 3 is 2.63 bits per heavy atom. The first kappa shape index (κ1) is 14.7. The Balaban J connectivity index is 2.19. The summed E-state index contributed by atoms with van der Waals surface area (Å²) in [7, 11) is 0. The van der Waals surface area contributed by atoms with Gasteiger partial charge in [0.05, 0.1) is 6.04 Å². The smallest absolute Gasteiger partial charge is 0.0515 e. The van der Waals surface area contributed by atoms with Gasteiger partial charge in [-0.2, -0.15) is 0 Å².